The Balaban J connectivity index is 2.58. The van der Waals surface area contributed by atoms with Gasteiger partial charge in [-0.25, -0.2) is 4.98 Å². The topological polar surface area (TPSA) is 79.5 Å². The Hall–Kier alpha value is -1.73. The Morgan fingerprint density at radius 1 is 1.48 bits per heavy atom. The lowest BCUT2D eigenvalue weighted by Gasteiger charge is -2.29. The third-order valence-electron chi connectivity index (χ3n) is 3.09. The normalized spacial score (nSPS) is 11.9. The highest BCUT2D eigenvalue weighted by molar-refractivity contribution is 7.18. The first-order valence-electron chi connectivity index (χ1n) is 6.74. The van der Waals surface area contributed by atoms with Gasteiger partial charge >= 0.3 is 0 Å². The molecule has 21 heavy (non-hydrogen) atoms. The van der Waals surface area contributed by atoms with Gasteiger partial charge in [-0.3, -0.25) is 10.1 Å². The molecule has 0 amide bonds. The van der Waals surface area contributed by atoms with E-state index >= 15 is 0 Å². The number of thiazole rings is 1. The number of hydrogen-bond donors (Lipinski definition) is 1. The molecule has 1 aromatic carbocycles. The minimum atomic E-state index is -0.934. The molecule has 0 aliphatic rings. The first-order chi connectivity index (χ1) is 9.71. The molecule has 0 saturated carbocycles. The number of rotatable bonds is 5. The second-order valence-corrected chi connectivity index (χ2v) is 6.86. The van der Waals surface area contributed by atoms with Crippen LogP contribution in [-0.4, -0.2) is 33.7 Å². The molecular weight excluding hydrogens is 290 g/mol. The molecule has 1 heterocycles. The Bertz CT molecular complexity index is 676. The molecule has 1 aromatic heterocycles. The maximum absolute atomic E-state index is 11.4. The number of benzene rings is 1. The van der Waals surface area contributed by atoms with Crippen molar-refractivity contribution >= 4 is 32.9 Å². The van der Waals surface area contributed by atoms with E-state index in [1.165, 1.54) is 11.3 Å². The molecule has 6 nitrogen and oxygen atoms in total. The van der Waals surface area contributed by atoms with Crippen LogP contribution in [0.25, 0.3) is 10.2 Å². The predicted molar refractivity (Wildman–Crippen MR) is 85.2 cm³/mol. The van der Waals surface area contributed by atoms with E-state index in [4.69, 9.17) is 0 Å². The smallest absolute Gasteiger partial charge is 0.294 e. The molecule has 1 N–H and O–H groups in total. The minimum absolute atomic E-state index is 0.0530. The van der Waals surface area contributed by atoms with Gasteiger partial charge in [0.2, 0.25) is 0 Å². The summed E-state index contributed by atoms with van der Waals surface area (Å²) >= 11 is 1.44. The van der Waals surface area contributed by atoms with Crippen LogP contribution in [0.2, 0.25) is 0 Å². The lowest BCUT2D eigenvalue weighted by Crippen LogP contribution is -2.38. The van der Waals surface area contributed by atoms with Gasteiger partial charge in [-0.15, -0.1) is 11.3 Å². The summed E-state index contributed by atoms with van der Waals surface area (Å²) in [5, 5.41) is 22.2. The van der Waals surface area contributed by atoms with E-state index in [9.17, 15) is 15.2 Å². The number of nitro groups is 1. The van der Waals surface area contributed by atoms with Crippen molar-refractivity contribution in [3.8, 4) is 0 Å². The van der Waals surface area contributed by atoms with Crippen LogP contribution < -0.4 is 4.90 Å². The molecule has 2 rings (SSSR count). The van der Waals surface area contributed by atoms with E-state index in [0.717, 1.165) is 15.2 Å². The van der Waals surface area contributed by atoms with Gasteiger partial charge in [-0.1, -0.05) is 0 Å². The molecule has 2 aromatic rings. The number of nitrogens with zero attached hydrogens (tertiary/aromatic N) is 3. The zero-order valence-electron chi connectivity index (χ0n) is 12.6. The van der Waals surface area contributed by atoms with Crippen molar-refractivity contribution in [2.75, 3.05) is 18.0 Å². The summed E-state index contributed by atoms with van der Waals surface area (Å²) in [6.45, 7) is 8.05. The fourth-order valence-electron chi connectivity index (χ4n) is 2.30. The summed E-state index contributed by atoms with van der Waals surface area (Å²) in [4.78, 5) is 17.2. The molecule has 0 bridgehead atoms. The van der Waals surface area contributed by atoms with Crippen LogP contribution in [0.15, 0.2) is 12.1 Å². The SMILES string of the molecule is CCN(CC(C)(C)O)c1cc2nc(C)sc2cc1[N+](=O)[O-]. The van der Waals surface area contributed by atoms with Gasteiger partial charge in [-0.05, 0) is 33.8 Å². The van der Waals surface area contributed by atoms with Crippen molar-refractivity contribution in [2.45, 2.75) is 33.3 Å². The summed E-state index contributed by atoms with van der Waals surface area (Å²) in [6, 6.07) is 3.31. The Morgan fingerprint density at radius 3 is 2.67 bits per heavy atom. The molecule has 0 saturated heterocycles. The first-order valence-corrected chi connectivity index (χ1v) is 7.56. The van der Waals surface area contributed by atoms with Gasteiger partial charge in [-0.2, -0.15) is 0 Å². The fraction of sp³-hybridized carbons (Fsp3) is 0.500. The number of nitro benzene ring substituents is 1. The third kappa shape index (κ3) is 3.48. The molecule has 0 aliphatic heterocycles. The lowest BCUT2D eigenvalue weighted by atomic mass is 10.1. The number of hydrogen-bond acceptors (Lipinski definition) is 6. The zero-order chi connectivity index (χ0) is 15.8. The summed E-state index contributed by atoms with van der Waals surface area (Å²) < 4.78 is 0.808. The standard InChI is InChI=1S/C14H19N3O3S/c1-5-16(8-14(3,4)18)11-6-10-13(21-9(2)15-10)7-12(11)17(19)20/h6-7,18H,5,8H2,1-4H3. The van der Waals surface area contributed by atoms with E-state index < -0.39 is 5.60 Å². The van der Waals surface area contributed by atoms with Crippen molar-refractivity contribution in [1.29, 1.82) is 0 Å². The number of aliphatic hydroxyl groups is 1. The van der Waals surface area contributed by atoms with E-state index in [1.807, 2.05) is 18.7 Å². The van der Waals surface area contributed by atoms with Crippen LogP contribution in [0.3, 0.4) is 0 Å². The zero-order valence-corrected chi connectivity index (χ0v) is 13.4. The third-order valence-corrected chi connectivity index (χ3v) is 4.02. The summed E-state index contributed by atoms with van der Waals surface area (Å²) in [5.74, 6) is 0. The van der Waals surface area contributed by atoms with Gasteiger partial charge < -0.3 is 10.0 Å². The van der Waals surface area contributed by atoms with E-state index in [0.29, 0.717) is 18.8 Å². The maximum atomic E-state index is 11.4. The van der Waals surface area contributed by atoms with Crippen molar-refractivity contribution in [1.82, 2.24) is 4.98 Å². The van der Waals surface area contributed by atoms with Gasteiger partial charge in [0.05, 0.1) is 25.7 Å². The summed E-state index contributed by atoms with van der Waals surface area (Å²) in [6.07, 6.45) is 0. The van der Waals surface area contributed by atoms with Crippen LogP contribution >= 0.6 is 11.3 Å². The van der Waals surface area contributed by atoms with E-state index in [1.54, 1.807) is 26.0 Å². The molecule has 0 atom stereocenters. The van der Waals surface area contributed by atoms with Crippen LogP contribution in [0.1, 0.15) is 25.8 Å². The maximum Gasteiger partial charge on any atom is 0.294 e. The molecule has 0 spiro atoms. The second kappa shape index (κ2) is 5.57. The molecule has 0 radical (unpaired) electrons. The highest BCUT2D eigenvalue weighted by atomic mass is 32.1. The number of aromatic nitrogens is 1. The molecule has 0 unspecified atom stereocenters. The summed E-state index contributed by atoms with van der Waals surface area (Å²) in [7, 11) is 0. The van der Waals surface area contributed by atoms with E-state index in [2.05, 4.69) is 4.98 Å². The van der Waals surface area contributed by atoms with Crippen molar-refractivity contribution in [2.24, 2.45) is 0 Å². The Labute approximate surface area is 127 Å². The van der Waals surface area contributed by atoms with Gasteiger partial charge in [0.1, 0.15) is 5.69 Å². The Kier molecular flexibility index (Phi) is 4.15. The highest BCUT2D eigenvalue weighted by Crippen LogP contribution is 2.35. The number of fused-ring (bicyclic) bond motifs is 1. The summed E-state index contributed by atoms with van der Waals surface area (Å²) in [5.41, 5.74) is 0.378. The van der Waals surface area contributed by atoms with Crippen molar-refractivity contribution < 1.29 is 10.0 Å². The van der Waals surface area contributed by atoms with Crippen LogP contribution in [-0.2, 0) is 0 Å². The largest absolute Gasteiger partial charge is 0.389 e. The second-order valence-electron chi connectivity index (χ2n) is 5.63. The number of anilines is 1. The van der Waals surface area contributed by atoms with Gasteiger partial charge in [0, 0.05) is 19.2 Å². The van der Waals surface area contributed by atoms with E-state index in [-0.39, 0.29) is 10.6 Å². The molecule has 7 heteroatoms. The quantitative estimate of drug-likeness (QED) is 0.678. The van der Waals surface area contributed by atoms with Crippen molar-refractivity contribution in [3.63, 3.8) is 0 Å². The molecular formula is C14H19N3O3S. The molecule has 0 fully saturated rings. The average Bonchev–Trinajstić information content (AvgIpc) is 2.72. The van der Waals surface area contributed by atoms with Gasteiger partial charge in [0.15, 0.2) is 0 Å². The fourth-order valence-corrected chi connectivity index (χ4v) is 3.14. The Morgan fingerprint density at radius 2 is 2.14 bits per heavy atom. The highest BCUT2D eigenvalue weighted by Gasteiger charge is 2.25. The molecule has 0 aliphatic carbocycles. The number of likely N-dealkylation sites (N-methyl/N-ethyl adjacent to an activating group) is 1. The minimum Gasteiger partial charge on any atom is -0.389 e. The average molecular weight is 309 g/mol. The van der Waals surface area contributed by atoms with Crippen LogP contribution in [0.5, 0.6) is 0 Å². The first kappa shape index (κ1) is 15.7. The number of aryl methyl sites for hydroxylation is 1. The monoisotopic (exact) mass is 309 g/mol. The molecule has 114 valence electrons. The van der Waals surface area contributed by atoms with Gasteiger partial charge in [0.25, 0.3) is 5.69 Å². The van der Waals surface area contributed by atoms with Crippen LogP contribution in [0, 0.1) is 17.0 Å². The predicted octanol–water partition coefficient (Wildman–Crippen LogP) is 3.11. The lowest BCUT2D eigenvalue weighted by molar-refractivity contribution is -0.384. The van der Waals surface area contributed by atoms with Crippen molar-refractivity contribution in [3.05, 3.63) is 27.3 Å². The van der Waals surface area contributed by atoms with Crippen LogP contribution in [0.4, 0.5) is 11.4 Å².